The summed E-state index contributed by atoms with van der Waals surface area (Å²) in [5.41, 5.74) is 0.895. The van der Waals surface area contributed by atoms with Crippen LogP contribution in [0, 0.1) is 0 Å². The first kappa shape index (κ1) is 6.62. The van der Waals surface area contributed by atoms with Gasteiger partial charge in [0, 0.05) is 5.57 Å². The van der Waals surface area contributed by atoms with Crippen molar-refractivity contribution in [2.45, 2.75) is 0 Å². The minimum Gasteiger partial charge on any atom is -0.511 e. The highest BCUT2D eigenvalue weighted by Crippen LogP contribution is 2.12. The molecular formula is C7H7BrO. The molecule has 2 heteroatoms. The molecule has 9 heavy (non-hydrogen) atoms. The lowest BCUT2D eigenvalue weighted by atomic mass is 10.3. The van der Waals surface area contributed by atoms with Crippen LogP contribution >= 0.6 is 15.9 Å². The van der Waals surface area contributed by atoms with Crippen molar-refractivity contribution in [2.24, 2.45) is 0 Å². The molecule has 0 saturated carbocycles. The van der Waals surface area contributed by atoms with Crippen molar-refractivity contribution in [2.75, 3.05) is 5.33 Å². The van der Waals surface area contributed by atoms with Crippen molar-refractivity contribution in [3.8, 4) is 0 Å². The van der Waals surface area contributed by atoms with Crippen molar-refractivity contribution in [3.63, 3.8) is 0 Å². The fraction of sp³-hybridized carbons (Fsp3) is 0.143. The fourth-order valence-electron chi connectivity index (χ4n) is 0.644. The highest BCUT2D eigenvalue weighted by atomic mass is 79.9. The average molecular weight is 187 g/mol. The van der Waals surface area contributed by atoms with Crippen LogP contribution in [-0.4, -0.2) is 10.4 Å². The van der Waals surface area contributed by atoms with Gasteiger partial charge in [-0.25, -0.2) is 0 Å². The van der Waals surface area contributed by atoms with Gasteiger partial charge in [-0.3, -0.25) is 0 Å². The molecule has 0 unspecified atom stereocenters. The second kappa shape index (κ2) is 2.87. The molecule has 0 bridgehead atoms. The predicted octanol–water partition coefficient (Wildman–Crippen LogP) is 2.32. The topological polar surface area (TPSA) is 20.2 Å². The van der Waals surface area contributed by atoms with Gasteiger partial charge in [0.1, 0.15) is 5.76 Å². The van der Waals surface area contributed by atoms with Gasteiger partial charge in [0.15, 0.2) is 0 Å². The highest BCUT2D eigenvalue weighted by molar-refractivity contribution is 9.09. The third-order valence-electron chi connectivity index (χ3n) is 1.12. The molecular weight excluding hydrogens is 180 g/mol. The van der Waals surface area contributed by atoms with E-state index in [4.69, 9.17) is 5.11 Å². The zero-order chi connectivity index (χ0) is 6.69. The summed E-state index contributed by atoms with van der Waals surface area (Å²) in [6, 6.07) is 0. The normalized spacial score (nSPS) is 15.0. The van der Waals surface area contributed by atoms with E-state index in [2.05, 4.69) is 15.9 Å². The Morgan fingerprint density at radius 1 is 1.44 bits per heavy atom. The molecule has 0 radical (unpaired) electrons. The summed E-state index contributed by atoms with van der Waals surface area (Å²) in [6.45, 7) is 0. The number of halogens is 1. The summed E-state index contributed by atoms with van der Waals surface area (Å²) >= 11 is 3.15. The SMILES string of the molecule is OC(CBr)=C1C=CC=C1. The summed E-state index contributed by atoms with van der Waals surface area (Å²) in [7, 11) is 0. The minimum absolute atomic E-state index is 0.389. The smallest absolute Gasteiger partial charge is 0.110 e. The van der Waals surface area contributed by atoms with E-state index < -0.39 is 0 Å². The Kier molecular flexibility index (Phi) is 2.11. The molecule has 1 aliphatic rings. The number of alkyl halides is 1. The maximum Gasteiger partial charge on any atom is 0.110 e. The molecule has 0 spiro atoms. The van der Waals surface area contributed by atoms with E-state index in [1.54, 1.807) is 0 Å². The van der Waals surface area contributed by atoms with Crippen LogP contribution in [0.2, 0.25) is 0 Å². The minimum atomic E-state index is 0.389. The molecule has 0 fully saturated rings. The quantitative estimate of drug-likeness (QED) is 0.493. The van der Waals surface area contributed by atoms with Crippen LogP contribution in [0.25, 0.3) is 0 Å². The largest absolute Gasteiger partial charge is 0.511 e. The van der Waals surface area contributed by atoms with Crippen LogP contribution in [0.1, 0.15) is 0 Å². The number of aliphatic hydroxyl groups is 1. The van der Waals surface area contributed by atoms with Gasteiger partial charge in [0.05, 0.1) is 5.33 Å². The highest BCUT2D eigenvalue weighted by Gasteiger charge is 1.98. The van der Waals surface area contributed by atoms with Gasteiger partial charge in [0.2, 0.25) is 0 Å². The first-order valence-corrected chi connectivity index (χ1v) is 3.79. The lowest BCUT2D eigenvalue weighted by Crippen LogP contribution is -1.84. The van der Waals surface area contributed by atoms with Gasteiger partial charge in [-0.05, 0) is 0 Å². The van der Waals surface area contributed by atoms with E-state index in [9.17, 15) is 0 Å². The van der Waals surface area contributed by atoms with E-state index >= 15 is 0 Å². The van der Waals surface area contributed by atoms with Crippen molar-refractivity contribution < 1.29 is 5.11 Å². The predicted molar refractivity (Wildman–Crippen MR) is 41.7 cm³/mol. The molecule has 0 heterocycles. The van der Waals surface area contributed by atoms with Crippen molar-refractivity contribution in [1.82, 2.24) is 0 Å². The molecule has 1 aliphatic carbocycles. The number of allylic oxidation sites excluding steroid dienone is 6. The molecule has 0 aliphatic heterocycles. The lowest BCUT2D eigenvalue weighted by Gasteiger charge is -1.93. The number of hydrogen-bond donors (Lipinski definition) is 1. The fourth-order valence-corrected chi connectivity index (χ4v) is 0.967. The number of rotatable bonds is 1. The standard InChI is InChI=1S/C7H7BrO/c8-5-7(9)6-3-1-2-4-6/h1-4,9H,5H2. The molecule has 0 aromatic carbocycles. The summed E-state index contributed by atoms with van der Waals surface area (Å²) in [4.78, 5) is 0. The maximum atomic E-state index is 9.09. The van der Waals surface area contributed by atoms with E-state index in [-0.39, 0.29) is 0 Å². The number of hydrogen-bond acceptors (Lipinski definition) is 1. The van der Waals surface area contributed by atoms with Gasteiger partial charge in [-0.2, -0.15) is 0 Å². The Labute approximate surface area is 62.5 Å². The molecule has 0 saturated heterocycles. The van der Waals surface area contributed by atoms with E-state index in [0.29, 0.717) is 11.1 Å². The molecule has 1 N–H and O–H groups in total. The molecule has 0 aromatic heterocycles. The van der Waals surface area contributed by atoms with Crippen LogP contribution in [-0.2, 0) is 0 Å². The van der Waals surface area contributed by atoms with Crippen LogP contribution in [0.3, 0.4) is 0 Å². The van der Waals surface area contributed by atoms with E-state index in [1.807, 2.05) is 24.3 Å². The lowest BCUT2D eigenvalue weighted by molar-refractivity contribution is 0.415. The van der Waals surface area contributed by atoms with Crippen molar-refractivity contribution in [3.05, 3.63) is 35.6 Å². The Morgan fingerprint density at radius 3 is 2.44 bits per heavy atom. The van der Waals surface area contributed by atoms with Crippen LogP contribution in [0.4, 0.5) is 0 Å². The summed E-state index contributed by atoms with van der Waals surface area (Å²) in [5.74, 6) is 0.389. The van der Waals surface area contributed by atoms with E-state index in [1.165, 1.54) is 0 Å². The van der Waals surface area contributed by atoms with Gasteiger partial charge in [-0.15, -0.1) is 0 Å². The van der Waals surface area contributed by atoms with E-state index in [0.717, 1.165) is 5.57 Å². The Hall–Kier alpha value is -0.500. The Bertz CT molecular complexity index is 175. The molecule has 0 atom stereocenters. The summed E-state index contributed by atoms with van der Waals surface area (Å²) < 4.78 is 0. The van der Waals surface area contributed by atoms with Gasteiger partial charge in [0.25, 0.3) is 0 Å². The molecule has 48 valence electrons. The average Bonchev–Trinajstić information content (AvgIpc) is 2.37. The third kappa shape index (κ3) is 1.45. The molecule has 0 amide bonds. The second-order valence-corrected chi connectivity index (χ2v) is 2.31. The van der Waals surface area contributed by atoms with Gasteiger partial charge >= 0.3 is 0 Å². The first-order chi connectivity index (χ1) is 4.34. The Balaban J connectivity index is 2.81. The van der Waals surface area contributed by atoms with Crippen LogP contribution < -0.4 is 0 Å². The third-order valence-corrected chi connectivity index (χ3v) is 1.65. The Morgan fingerprint density at radius 2 is 2.00 bits per heavy atom. The van der Waals surface area contributed by atoms with Crippen molar-refractivity contribution in [1.29, 1.82) is 0 Å². The van der Waals surface area contributed by atoms with Crippen molar-refractivity contribution >= 4 is 15.9 Å². The van der Waals surface area contributed by atoms with Gasteiger partial charge in [-0.1, -0.05) is 40.2 Å². The monoisotopic (exact) mass is 186 g/mol. The zero-order valence-electron chi connectivity index (χ0n) is 4.84. The second-order valence-electron chi connectivity index (χ2n) is 1.75. The number of aliphatic hydroxyl groups excluding tert-OH is 1. The first-order valence-electron chi connectivity index (χ1n) is 2.67. The molecule has 0 aromatic rings. The summed E-state index contributed by atoms with van der Waals surface area (Å²) in [6.07, 6.45) is 7.54. The zero-order valence-corrected chi connectivity index (χ0v) is 6.43. The van der Waals surface area contributed by atoms with Crippen LogP contribution in [0.5, 0.6) is 0 Å². The maximum absolute atomic E-state index is 9.09. The molecule has 1 nitrogen and oxygen atoms in total. The molecule has 1 rings (SSSR count). The van der Waals surface area contributed by atoms with Crippen LogP contribution in [0.15, 0.2) is 35.6 Å². The van der Waals surface area contributed by atoms with Gasteiger partial charge < -0.3 is 5.11 Å². The summed E-state index contributed by atoms with van der Waals surface area (Å²) in [5, 5.41) is 9.61.